The predicted molar refractivity (Wildman–Crippen MR) is 109 cm³/mol. The third kappa shape index (κ3) is 7.44. The number of ether oxygens (including phenoxy) is 2. The number of hydrogen-bond acceptors (Lipinski definition) is 5. The maximum atomic E-state index is 12.5. The Hall–Kier alpha value is -2.42. The zero-order valence-corrected chi connectivity index (χ0v) is 17.7. The SMILES string of the molecule is CCOc1cc(CN(C)[C@H](C)C(=O)NC(=O)NC2CCCCC2)ccc1OC(F)F. The first-order valence-corrected chi connectivity index (χ1v) is 10.3. The van der Waals surface area contributed by atoms with Crippen molar-refractivity contribution in [2.24, 2.45) is 0 Å². The number of nitrogens with one attached hydrogen (secondary N) is 2. The van der Waals surface area contributed by atoms with E-state index in [1.807, 2.05) is 0 Å². The Morgan fingerprint density at radius 1 is 1.20 bits per heavy atom. The number of hydrogen-bond donors (Lipinski definition) is 2. The van der Waals surface area contributed by atoms with E-state index in [0.29, 0.717) is 13.2 Å². The minimum absolute atomic E-state index is 0.0385. The highest BCUT2D eigenvalue weighted by atomic mass is 19.3. The second-order valence-electron chi connectivity index (χ2n) is 7.48. The summed E-state index contributed by atoms with van der Waals surface area (Å²) in [5.74, 6) is -0.232. The fraction of sp³-hybridized carbons (Fsp3) is 0.619. The molecule has 0 spiro atoms. The molecule has 1 aliphatic carbocycles. The molecule has 0 radical (unpaired) electrons. The largest absolute Gasteiger partial charge is 0.490 e. The normalized spacial score (nSPS) is 15.7. The number of urea groups is 1. The Kier molecular flexibility index (Phi) is 9.29. The van der Waals surface area contributed by atoms with Crippen LogP contribution in [0.25, 0.3) is 0 Å². The molecule has 3 amide bonds. The van der Waals surface area contributed by atoms with Crippen molar-refractivity contribution in [2.75, 3.05) is 13.7 Å². The highest BCUT2D eigenvalue weighted by molar-refractivity contribution is 5.96. The van der Waals surface area contributed by atoms with Crippen LogP contribution in [0.3, 0.4) is 0 Å². The standard InChI is InChI=1S/C21H31F2N3O4/c1-4-29-18-12-15(10-11-17(18)30-20(22)23)13-26(3)14(2)19(27)25-21(28)24-16-8-6-5-7-9-16/h10-12,14,16,20H,4-9,13H2,1-3H3,(H2,24,25,27,28)/t14-/m1/s1. The molecule has 0 saturated heterocycles. The van der Waals surface area contributed by atoms with Gasteiger partial charge in [-0.15, -0.1) is 0 Å². The van der Waals surface area contributed by atoms with Crippen LogP contribution in [0.5, 0.6) is 11.5 Å². The lowest BCUT2D eigenvalue weighted by Gasteiger charge is -2.26. The van der Waals surface area contributed by atoms with Crippen molar-refractivity contribution in [3.63, 3.8) is 0 Å². The number of nitrogens with zero attached hydrogens (tertiary/aromatic N) is 1. The van der Waals surface area contributed by atoms with E-state index in [1.165, 1.54) is 12.5 Å². The van der Waals surface area contributed by atoms with Crippen LogP contribution < -0.4 is 20.1 Å². The molecule has 9 heteroatoms. The monoisotopic (exact) mass is 427 g/mol. The summed E-state index contributed by atoms with van der Waals surface area (Å²) in [6.07, 6.45) is 5.22. The first-order valence-electron chi connectivity index (χ1n) is 10.3. The molecule has 1 aliphatic rings. The lowest BCUT2D eigenvalue weighted by molar-refractivity contribution is -0.124. The van der Waals surface area contributed by atoms with Crippen LogP contribution >= 0.6 is 0 Å². The van der Waals surface area contributed by atoms with Gasteiger partial charge in [0.1, 0.15) is 0 Å². The maximum Gasteiger partial charge on any atom is 0.387 e. The van der Waals surface area contributed by atoms with E-state index in [-0.39, 0.29) is 17.5 Å². The number of benzene rings is 1. The van der Waals surface area contributed by atoms with E-state index in [0.717, 1.165) is 31.2 Å². The third-order valence-corrected chi connectivity index (χ3v) is 5.17. The smallest absolute Gasteiger partial charge is 0.387 e. The molecule has 0 heterocycles. The van der Waals surface area contributed by atoms with E-state index in [1.54, 1.807) is 37.9 Å². The van der Waals surface area contributed by atoms with Crippen molar-refractivity contribution in [2.45, 2.75) is 71.2 Å². The van der Waals surface area contributed by atoms with Crippen LogP contribution in [0.1, 0.15) is 51.5 Å². The van der Waals surface area contributed by atoms with Gasteiger partial charge in [-0.2, -0.15) is 8.78 Å². The summed E-state index contributed by atoms with van der Waals surface area (Å²) in [7, 11) is 1.74. The van der Waals surface area contributed by atoms with E-state index >= 15 is 0 Å². The fourth-order valence-corrected chi connectivity index (χ4v) is 3.42. The van der Waals surface area contributed by atoms with Crippen molar-refractivity contribution in [1.29, 1.82) is 0 Å². The summed E-state index contributed by atoms with van der Waals surface area (Å²) in [6, 6.07) is 3.73. The minimum Gasteiger partial charge on any atom is -0.490 e. The van der Waals surface area contributed by atoms with Crippen LogP contribution in [0.2, 0.25) is 0 Å². The van der Waals surface area contributed by atoms with Gasteiger partial charge in [-0.3, -0.25) is 15.0 Å². The molecule has 1 fully saturated rings. The highest BCUT2D eigenvalue weighted by Gasteiger charge is 2.23. The summed E-state index contributed by atoms with van der Waals surface area (Å²) in [5, 5.41) is 5.25. The lowest BCUT2D eigenvalue weighted by atomic mass is 9.96. The van der Waals surface area contributed by atoms with Gasteiger partial charge in [0.2, 0.25) is 5.91 Å². The van der Waals surface area contributed by atoms with Gasteiger partial charge in [0.05, 0.1) is 12.6 Å². The Bertz CT molecular complexity index is 711. The zero-order chi connectivity index (χ0) is 22.1. The molecule has 0 bridgehead atoms. The van der Waals surface area contributed by atoms with Crippen molar-refractivity contribution >= 4 is 11.9 Å². The molecular formula is C21H31F2N3O4. The Labute approximate surface area is 176 Å². The van der Waals surface area contributed by atoms with Crippen molar-refractivity contribution in [3.05, 3.63) is 23.8 Å². The molecular weight excluding hydrogens is 396 g/mol. The molecule has 1 saturated carbocycles. The number of halogens is 2. The number of carbonyl (C=O) groups is 2. The number of amides is 3. The molecule has 2 rings (SSSR count). The number of imide groups is 1. The number of rotatable bonds is 9. The number of likely N-dealkylation sites (N-methyl/N-ethyl adjacent to an activating group) is 1. The molecule has 1 atom stereocenters. The first kappa shape index (κ1) is 23.9. The first-order chi connectivity index (χ1) is 14.3. The summed E-state index contributed by atoms with van der Waals surface area (Å²) in [6.45, 7) is 1.15. The fourth-order valence-electron chi connectivity index (χ4n) is 3.42. The number of carbonyl (C=O) groups excluding carboxylic acids is 2. The molecule has 1 aromatic carbocycles. The van der Waals surface area contributed by atoms with Gasteiger partial charge < -0.3 is 14.8 Å². The van der Waals surface area contributed by atoms with Gasteiger partial charge >= 0.3 is 12.6 Å². The average Bonchev–Trinajstić information content (AvgIpc) is 2.69. The van der Waals surface area contributed by atoms with Crippen molar-refractivity contribution in [1.82, 2.24) is 15.5 Å². The van der Waals surface area contributed by atoms with Crippen LogP contribution in [-0.4, -0.2) is 49.2 Å². The highest BCUT2D eigenvalue weighted by Crippen LogP contribution is 2.30. The Morgan fingerprint density at radius 3 is 2.53 bits per heavy atom. The van der Waals surface area contributed by atoms with Crippen LogP contribution in [0.4, 0.5) is 13.6 Å². The predicted octanol–water partition coefficient (Wildman–Crippen LogP) is 3.67. The molecule has 0 aliphatic heterocycles. The molecule has 0 unspecified atom stereocenters. The van der Waals surface area contributed by atoms with E-state index < -0.39 is 24.6 Å². The van der Waals surface area contributed by atoms with E-state index in [2.05, 4.69) is 15.4 Å². The minimum atomic E-state index is -2.94. The molecule has 0 aromatic heterocycles. The molecule has 2 N–H and O–H groups in total. The maximum absolute atomic E-state index is 12.5. The van der Waals surface area contributed by atoms with E-state index in [4.69, 9.17) is 4.74 Å². The van der Waals surface area contributed by atoms with Crippen molar-refractivity contribution in [3.8, 4) is 11.5 Å². The van der Waals surface area contributed by atoms with Crippen LogP contribution in [-0.2, 0) is 11.3 Å². The lowest BCUT2D eigenvalue weighted by Crippen LogP contribution is -2.50. The average molecular weight is 427 g/mol. The quantitative estimate of drug-likeness (QED) is 0.629. The molecule has 1 aromatic rings. The Morgan fingerprint density at radius 2 is 1.90 bits per heavy atom. The summed E-state index contributed by atoms with van der Waals surface area (Å²) in [5.41, 5.74) is 0.758. The summed E-state index contributed by atoms with van der Waals surface area (Å²) < 4.78 is 34.9. The Balaban J connectivity index is 1.91. The molecule has 168 valence electrons. The second-order valence-corrected chi connectivity index (χ2v) is 7.48. The van der Waals surface area contributed by atoms with Crippen molar-refractivity contribution < 1.29 is 27.8 Å². The molecule has 7 nitrogen and oxygen atoms in total. The van der Waals surface area contributed by atoms with Crippen LogP contribution in [0, 0.1) is 0 Å². The topological polar surface area (TPSA) is 79.9 Å². The third-order valence-electron chi connectivity index (χ3n) is 5.17. The van der Waals surface area contributed by atoms with Gasteiger partial charge in [0.15, 0.2) is 11.5 Å². The van der Waals surface area contributed by atoms with Gasteiger partial charge in [-0.1, -0.05) is 25.3 Å². The van der Waals surface area contributed by atoms with Gasteiger partial charge in [-0.25, -0.2) is 4.79 Å². The van der Waals surface area contributed by atoms with Crippen LogP contribution in [0.15, 0.2) is 18.2 Å². The van der Waals surface area contributed by atoms with E-state index in [9.17, 15) is 18.4 Å². The second kappa shape index (κ2) is 11.7. The van der Waals surface area contributed by atoms with Gasteiger partial charge in [0.25, 0.3) is 0 Å². The zero-order valence-electron chi connectivity index (χ0n) is 17.7. The summed E-state index contributed by atoms with van der Waals surface area (Å²) in [4.78, 5) is 26.3. The van der Waals surface area contributed by atoms with Gasteiger partial charge in [-0.05, 0) is 51.4 Å². The summed E-state index contributed by atoms with van der Waals surface area (Å²) >= 11 is 0. The number of alkyl halides is 2. The van der Waals surface area contributed by atoms with Gasteiger partial charge in [0, 0.05) is 12.6 Å². The molecule has 30 heavy (non-hydrogen) atoms.